The van der Waals surface area contributed by atoms with E-state index >= 15 is 0 Å². The summed E-state index contributed by atoms with van der Waals surface area (Å²) in [6.07, 6.45) is 4.18. The van der Waals surface area contributed by atoms with E-state index in [1.165, 1.54) is 36.8 Å². The Hall–Kier alpha value is 0.567. The average Bonchev–Trinajstić information content (AvgIpc) is 2.00. The number of hydrogen-bond acceptors (Lipinski definition) is 1. The van der Waals surface area contributed by atoms with Crippen LogP contribution in [-0.4, -0.2) is 19.6 Å². The van der Waals surface area contributed by atoms with E-state index in [-0.39, 0.29) is 0 Å². The summed E-state index contributed by atoms with van der Waals surface area (Å²) in [6.45, 7) is 12.1. The Morgan fingerprint density at radius 3 is 2.29 bits per heavy atom. The van der Waals surface area contributed by atoms with Gasteiger partial charge in [0.1, 0.15) is 0 Å². The lowest BCUT2D eigenvalue weighted by molar-refractivity contribution is 0.730. The van der Waals surface area contributed by atoms with Gasteiger partial charge in [0.25, 0.3) is 0 Å². The van der Waals surface area contributed by atoms with Crippen LogP contribution < -0.4 is 0 Å². The van der Waals surface area contributed by atoms with Crippen LogP contribution in [0.15, 0.2) is 0 Å². The van der Waals surface area contributed by atoms with Gasteiger partial charge in [-0.15, -0.1) is 0 Å². The Balaban J connectivity index is 3.31. The Morgan fingerprint density at radius 1 is 1.14 bits per heavy atom. The van der Waals surface area contributed by atoms with Crippen molar-refractivity contribution in [2.75, 3.05) is 11.5 Å². The molecule has 0 rings (SSSR count). The van der Waals surface area contributed by atoms with E-state index in [4.69, 9.17) is 0 Å². The quantitative estimate of drug-likeness (QED) is 0.424. The molecule has 86 valence electrons. The lowest BCUT2D eigenvalue weighted by Crippen LogP contribution is -2.23. The van der Waals surface area contributed by atoms with Gasteiger partial charge < -0.3 is 0 Å². The van der Waals surface area contributed by atoms with E-state index in [1.807, 2.05) is 0 Å². The maximum atomic E-state index is 2.48. The molecule has 2 heteroatoms. The van der Waals surface area contributed by atoms with Gasteiger partial charge in [-0.05, 0) is 23.8 Å². The van der Waals surface area contributed by atoms with Crippen LogP contribution in [0.2, 0.25) is 25.7 Å². The van der Waals surface area contributed by atoms with Gasteiger partial charge in [0.15, 0.2) is 0 Å². The maximum absolute atomic E-state index is 2.48. The Kier molecular flexibility index (Phi) is 8.12. The fourth-order valence-electron chi connectivity index (χ4n) is 1.84. The Labute approximate surface area is 96.3 Å². The fraction of sp³-hybridized carbons (Fsp3) is 1.00. The van der Waals surface area contributed by atoms with Crippen molar-refractivity contribution in [3.8, 4) is 0 Å². The molecule has 0 aliphatic carbocycles. The second kappa shape index (κ2) is 7.81. The van der Waals surface area contributed by atoms with Crippen molar-refractivity contribution in [1.29, 1.82) is 0 Å². The van der Waals surface area contributed by atoms with Crippen LogP contribution in [0, 0.1) is 5.92 Å². The zero-order chi connectivity index (χ0) is 11.0. The van der Waals surface area contributed by atoms with E-state index in [2.05, 4.69) is 45.3 Å². The molecule has 0 aromatic heterocycles. The van der Waals surface area contributed by atoms with Gasteiger partial charge in [0.05, 0.1) is 0 Å². The monoisotopic (exact) mass is 232 g/mol. The lowest BCUT2D eigenvalue weighted by atomic mass is 10.3. The van der Waals surface area contributed by atoms with Gasteiger partial charge in [-0.25, -0.2) is 0 Å². The molecular weight excluding hydrogens is 204 g/mol. The number of hydrogen-bond donors (Lipinski definition) is 0. The molecule has 0 heterocycles. The van der Waals surface area contributed by atoms with Gasteiger partial charge in [0.2, 0.25) is 0 Å². The summed E-state index contributed by atoms with van der Waals surface area (Å²) < 4.78 is 0. The zero-order valence-electron chi connectivity index (χ0n) is 10.7. The van der Waals surface area contributed by atoms with Gasteiger partial charge in [-0.1, -0.05) is 52.4 Å². The third-order valence-corrected chi connectivity index (χ3v) is 5.56. The number of thioether (sulfide) groups is 1. The molecule has 14 heavy (non-hydrogen) atoms. The first-order valence-corrected chi connectivity index (χ1v) is 10.9. The zero-order valence-corrected chi connectivity index (χ0v) is 12.5. The first-order valence-electron chi connectivity index (χ1n) is 6.03. The smallest absolute Gasteiger partial charge is 0.0445 e. The van der Waals surface area contributed by atoms with Crippen LogP contribution in [0.5, 0.6) is 0 Å². The van der Waals surface area contributed by atoms with Gasteiger partial charge in [-0.2, -0.15) is 11.8 Å². The molecule has 0 aromatic rings. The summed E-state index contributed by atoms with van der Waals surface area (Å²) in [5.41, 5.74) is 0. The lowest BCUT2D eigenvalue weighted by Gasteiger charge is -2.20. The highest BCUT2D eigenvalue weighted by molar-refractivity contribution is 7.99. The molecular formula is C12H28SSi. The summed E-state index contributed by atoms with van der Waals surface area (Å²) in [7, 11) is -0.809. The molecule has 0 aromatic carbocycles. The molecule has 1 unspecified atom stereocenters. The van der Waals surface area contributed by atoms with Crippen LogP contribution in [0.25, 0.3) is 0 Å². The molecule has 0 amide bonds. The Bertz CT molecular complexity index is 129. The molecule has 0 fully saturated rings. The molecule has 0 spiro atoms. The predicted molar refractivity (Wildman–Crippen MR) is 74.2 cm³/mol. The highest BCUT2D eigenvalue weighted by atomic mass is 32.2. The molecule has 0 radical (unpaired) electrons. The summed E-state index contributed by atoms with van der Waals surface area (Å²) in [5, 5.41) is 0. The molecule has 0 nitrogen and oxygen atoms in total. The van der Waals surface area contributed by atoms with Crippen LogP contribution in [0.4, 0.5) is 0 Å². The molecule has 0 saturated carbocycles. The minimum Gasteiger partial charge on any atom is -0.162 e. The second-order valence-corrected chi connectivity index (χ2v) is 12.3. The third kappa shape index (κ3) is 10.6. The van der Waals surface area contributed by atoms with E-state index in [0.29, 0.717) is 0 Å². The number of rotatable bonds is 8. The van der Waals surface area contributed by atoms with Crippen molar-refractivity contribution in [2.24, 2.45) is 5.92 Å². The van der Waals surface area contributed by atoms with Gasteiger partial charge in [-0.3, -0.25) is 0 Å². The highest BCUT2D eigenvalue weighted by Gasteiger charge is 2.16. The van der Waals surface area contributed by atoms with Crippen molar-refractivity contribution in [1.82, 2.24) is 0 Å². The van der Waals surface area contributed by atoms with Crippen LogP contribution in [0.3, 0.4) is 0 Å². The molecule has 0 N–H and O–H groups in total. The number of unbranched alkanes of at least 4 members (excludes halogenated alkanes) is 2. The topological polar surface area (TPSA) is 0 Å². The minimum absolute atomic E-state index is 0.809. The van der Waals surface area contributed by atoms with Crippen LogP contribution in [-0.2, 0) is 0 Å². The SMILES string of the molecule is CCCCCSCC(C)C[Si](C)(C)C. The van der Waals surface area contributed by atoms with Crippen LogP contribution in [0.1, 0.15) is 33.1 Å². The van der Waals surface area contributed by atoms with Crippen LogP contribution >= 0.6 is 11.8 Å². The van der Waals surface area contributed by atoms with E-state index in [0.717, 1.165) is 5.92 Å². The molecule has 0 bridgehead atoms. The molecule has 0 aliphatic heterocycles. The predicted octanol–water partition coefficient (Wildman–Crippen LogP) is 4.88. The van der Waals surface area contributed by atoms with Gasteiger partial charge >= 0.3 is 0 Å². The summed E-state index contributed by atoms with van der Waals surface area (Å²) in [6, 6.07) is 1.49. The van der Waals surface area contributed by atoms with Gasteiger partial charge in [0, 0.05) is 8.07 Å². The van der Waals surface area contributed by atoms with Crippen molar-refractivity contribution < 1.29 is 0 Å². The molecule has 0 saturated heterocycles. The first kappa shape index (κ1) is 14.6. The van der Waals surface area contributed by atoms with E-state index < -0.39 is 8.07 Å². The van der Waals surface area contributed by atoms with Crippen molar-refractivity contribution in [3.63, 3.8) is 0 Å². The van der Waals surface area contributed by atoms with Crippen molar-refractivity contribution >= 4 is 19.8 Å². The summed E-state index contributed by atoms with van der Waals surface area (Å²) in [5.74, 6) is 3.70. The average molecular weight is 233 g/mol. The first-order chi connectivity index (χ1) is 6.45. The third-order valence-electron chi connectivity index (χ3n) is 2.26. The summed E-state index contributed by atoms with van der Waals surface area (Å²) in [4.78, 5) is 0. The Morgan fingerprint density at radius 2 is 1.79 bits per heavy atom. The summed E-state index contributed by atoms with van der Waals surface area (Å²) >= 11 is 2.16. The highest BCUT2D eigenvalue weighted by Crippen LogP contribution is 2.20. The maximum Gasteiger partial charge on any atom is 0.0445 e. The standard InChI is InChI=1S/C12H28SSi/c1-6-7-8-9-13-10-12(2)11-14(3,4)5/h12H,6-11H2,1-5H3. The minimum atomic E-state index is -0.809. The molecule has 1 atom stereocenters. The van der Waals surface area contributed by atoms with E-state index in [1.54, 1.807) is 0 Å². The van der Waals surface area contributed by atoms with Crippen molar-refractivity contribution in [3.05, 3.63) is 0 Å². The van der Waals surface area contributed by atoms with E-state index in [9.17, 15) is 0 Å². The molecule has 0 aliphatic rings. The normalized spacial score (nSPS) is 14.4. The van der Waals surface area contributed by atoms with Crippen molar-refractivity contribution in [2.45, 2.75) is 58.8 Å². The largest absolute Gasteiger partial charge is 0.162 e. The fourth-order valence-corrected chi connectivity index (χ4v) is 5.38. The second-order valence-electron chi connectivity index (χ2n) is 5.65.